The Morgan fingerprint density at radius 1 is 1.10 bits per heavy atom. The van der Waals surface area contributed by atoms with Gasteiger partial charge >= 0.3 is 0 Å². The fourth-order valence-corrected chi connectivity index (χ4v) is 4.47. The first-order valence-electron chi connectivity index (χ1n) is 10.3. The van der Waals surface area contributed by atoms with E-state index in [2.05, 4.69) is 11.1 Å². The molecule has 3 aliphatic rings. The van der Waals surface area contributed by atoms with Crippen LogP contribution in [-0.4, -0.2) is 68.5 Å². The van der Waals surface area contributed by atoms with Gasteiger partial charge in [-0.25, -0.2) is 4.99 Å². The summed E-state index contributed by atoms with van der Waals surface area (Å²) in [6, 6.07) is 4.13. The van der Waals surface area contributed by atoms with Gasteiger partial charge in [-0.05, 0) is 43.9 Å². The molecule has 30 heavy (non-hydrogen) atoms. The molecule has 0 bridgehead atoms. The van der Waals surface area contributed by atoms with Gasteiger partial charge in [-0.3, -0.25) is 4.99 Å². The van der Waals surface area contributed by atoms with Crippen molar-refractivity contribution < 1.29 is 24.1 Å². The van der Waals surface area contributed by atoms with Crippen molar-refractivity contribution in [3.8, 4) is 11.5 Å². The molecule has 0 saturated heterocycles. The van der Waals surface area contributed by atoms with Crippen LogP contribution in [0.15, 0.2) is 34.1 Å². The van der Waals surface area contributed by atoms with Crippen molar-refractivity contribution in [3.63, 3.8) is 0 Å². The number of fused-ring (bicyclic) bond motifs is 3. The third kappa shape index (κ3) is 3.60. The SMILES string of the molecule is CCOc1cc2c(cc1OC)C(N1C=C(OC)C(OC)=NC1)=N[C@@H]1CC[C@@H](O)C[C@H]21. The third-order valence-corrected chi connectivity index (χ3v) is 5.89. The van der Waals surface area contributed by atoms with Crippen LogP contribution in [0, 0.1) is 0 Å². The lowest BCUT2D eigenvalue weighted by Gasteiger charge is -2.39. The second-order valence-corrected chi connectivity index (χ2v) is 7.59. The van der Waals surface area contributed by atoms with E-state index in [1.165, 1.54) is 0 Å². The molecule has 2 heterocycles. The van der Waals surface area contributed by atoms with Crippen LogP contribution >= 0.6 is 0 Å². The maximum atomic E-state index is 10.3. The van der Waals surface area contributed by atoms with Crippen LogP contribution < -0.4 is 9.47 Å². The van der Waals surface area contributed by atoms with Gasteiger partial charge in [0.25, 0.3) is 5.90 Å². The van der Waals surface area contributed by atoms with Crippen LogP contribution in [0.2, 0.25) is 0 Å². The molecule has 0 spiro atoms. The second kappa shape index (κ2) is 8.55. The Bertz CT molecular complexity index is 895. The minimum Gasteiger partial charge on any atom is -0.493 e. The lowest BCUT2D eigenvalue weighted by molar-refractivity contribution is 0.110. The van der Waals surface area contributed by atoms with Gasteiger partial charge in [0, 0.05) is 11.5 Å². The van der Waals surface area contributed by atoms with E-state index in [-0.39, 0.29) is 18.1 Å². The van der Waals surface area contributed by atoms with Crippen molar-refractivity contribution in [2.24, 2.45) is 9.98 Å². The summed E-state index contributed by atoms with van der Waals surface area (Å²) >= 11 is 0. The topological polar surface area (TPSA) is 85.1 Å². The van der Waals surface area contributed by atoms with Crippen LogP contribution in [0.4, 0.5) is 0 Å². The van der Waals surface area contributed by atoms with Crippen molar-refractivity contribution in [2.45, 2.75) is 44.2 Å². The molecular weight excluding hydrogens is 386 g/mol. The van der Waals surface area contributed by atoms with E-state index in [1.807, 2.05) is 24.1 Å². The van der Waals surface area contributed by atoms with Crippen LogP contribution in [0.5, 0.6) is 11.5 Å². The molecule has 8 heteroatoms. The highest BCUT2D eigenvalue weighted by atomic mass is 16.5. The van der Waals surface area contributed by atoms with Crippen LogP contribution in [-0.2, 0) is 9.47 Å². The highest BCUT2D eigenvalue weighted by molar-refractivity contribution is 6.04. The minimum absolute atomic E-state index is 0.103. The van der Waals surface area contributed by atoms with Crippen LogP contribution in [0.3, 0.4) is 0 Å². The Kier molecular flexibility index (Phi) is 5.85. The summed E-state index contributed by atoms with van der Waals surface area (Å²) in [5.74, 6) is 3.35. The van der Waals surface area contributed by atoms with E-state index in [4.69, 9.17) is 23.9 Å². The zero-order chi connectivity index (χ0) is 21.3. The Hall–Kier alpha value is -2.74. The number of benzene rings is 1. The monoisotopic (exact) mass is 415 g/mol. The Morgan fingerprint density at radius 2 is 1.93 bits per heavy atom. The summed E-state index contributed by atoms with van der Waals surface area (Å²) in [6.07, 6.45) is 3.85. The molecule has 0 radical (unpaired) electrons. The van der Waals surface area contributed by atoms with E-state index in [1.54, 1.807) is 21.3 Å². The molecule has 1 saturated carbocycles. The first-order chi connectivity index (χ1) is 14.6. The molecular formula is C22H29N3O5. The van der Waals surface area contributed by atoms with Crippen molar-refractivity contribution in [2.75, 3.05) is 34.6 Å². The Morgan fingerprint density at radius 3 is 2.63 bits per heavy atom. The molecule has 1 fully saturated rings. The average Bonchev–Trinajstić information content (AvgIpc) is 2.78. The van der Waals surface area contributed by atoms with E-state index in [0.29, 0.717) is 42.9 Å². The molecule has 8 nitrogen and oxygen atoms in total. The molecule has 1 aromatic carbocycles. The van der Waals surface area contributed by atoms with Crippen molar-refractivity contribution in [3.05, 3.63) is 35.2 Å². The van der Waals surface area contributed by atoms with E-state index in [0.717, 1.165) is 29.8 Å². The fourth-order valence-electron chi connectivity index (χ4n) is 4.47. The molecule has 2 aliphatic heterocycles. The van der Waals surface area contributed by atoms with Crippen molar-refractivity contribution >= 4 is 11.7 Å². The maximum Gasteiger partial charge on any atom is 0.255 e. The molecule has 162 valence electrons. The zero-order valence-electron chi connectivity index (χ0n) is 17.9. The summed E-state index contributed by atoms with van der Waals surface area (Å²) in [6.45, 7) is 2.88. The van der Waals surface area contributed by atoms with Gasteiger partial charge in [-0.15, -0.1) is 0 Å². The maximum absolute atomic E-state index is 10.3. The van der Waals surface area contributed by atoms with Crippen molar-refractivity contribution in [1.29, 1.82) is 0 Å². The first-order valence-corrected chi connectivity index (χ1v) is 10.3. The van der Waals surface area contributed by atoms with E-state index < -0.39 is 0 Å². The number of nitrogens with zero attached hydrogens (tertiary/aromatic N) is 3. The third-order valence-electron chi connectivity index (χ3n) is 5.89. The van der Waals surface area contributed by atoms with Gasteiger partial charge in [0.2, 0.25) is 0 Å². The fraction of sp³-hybridized carbons (Fsp3) is 0.545. The molecule has 0 unspecified atom stereocenters. The van der Waals surface area contributed by atoms with E-state index >= 15 is 0 Å². The molecule has 4 rings (SSSR count). The number of aliphatic hydroxyl groups excluding tert-OH is 1. The zero-order valence-corrected chi connectivity index (χ0v) is 17.9. The van der Waals surface area contributed by atoms with Crippen molar-refractivity contribution in [1.82, 2.24) is 4.90 Å². The predicted molar refractivity (Wildman–Crippen MR) is 113 cm³/mol. The highest BCUT2D eigenvalue weighted by Crippen LogP contribution is 2.44. The standard InChI is InChI=1S/C22H29N3O5/c1-5-30-19-9-14-15-8-13(26)6-7-17(15)24-21(16(14)10-18(19)27-2)25-11-20(28-3)22(29-4)23-12-25/h9-11,13,15,17,26H,5-8,12H2,1-4H3/t13-,15-,17-/m1/s1. The smallest absolute Gasteiger partial charge is 0.255 e. The lowest BCUT2D eigenvalue weighted by Crippen LogP contribution is -2.40. The summed E-state index contributed by atoms with van der Waals surface area (Å²) in [4.78, 5) is 11.6. The van der Waals surface area contributed by atoms with E-state index in [9.17, 15) is 5.11 Å². The van der Waals surface area contributed by atoms with Crippen LogP contribution in [0.1, 0.15) is 43.2 Å². The van der Waals surface area contributed by atoms with Gasteiger partial charge < -0.3 is 29.0 Å². The van der Waals surface area contributed by atoms with Gasteiger partial charge in [-0.2, -0.15) is 0 Å². The van der Waals surface area contributed by atoms with Gasteiger partial charge in [0.15, 0.2) is 17.3 Å². The summed E-state index contributed by atoms with van der Waals surface area (Å²) in [5.41, 5.74) is 2.09. The van der Waals surface area contributed by atoms with Gasteiger partial charge in [0.1, 0.15) is 12.5 Å². The normalized spacial score (nSPS) is 25.3. The summed E-state index contributed by atoms with van der Waals surface area (Å²) in [5, 5.41) is 10.3. The van der Waals surface area contributed by atoms with Gasteiger partial charge in [0.05, 0.1) is 46.3 Å². The molecule has 0 aromatic heterocycles. The Balaban J connectivity index is 1.81. The number of aliphatic hydroxyl groups is 1. The minimum atomic E-state index is -0.308. The second-order valence-electron chi connectivity index (χ2n) is 7.59. The highest BCUT2D eigenvalue weighted by Gasteiger charge is 2.38. The molecule has 1 aliphatic carbocycles. The summed E-state index contributed by atoms with van der Waals surface area (Å²) < 4.78 is 22.2. The number of ether oxygens (including phenoxy) is 4. The lowest BCUT2D eigenvalue weighted by atomic mass is 9.75. The Labute approximate surface area is 176 Å². The number of rotatable bonds is 4. The number of methoxy groups -OCH3 is 3. The number of hydrogen-bond acceptors (Lipinski definition) is 8. The quantitative estimate of drug-likeness (QED) is 0.814. The molecule has 3 atom stereocenters. The molecule has 1 aromatic rings. The number of amidine groups is 1. The average molecular weight is 415 g/mol. The number of aliphatic imine (C=N–C) groups is 2. The van der Waals surface area contributed by atoms with Gasteiger partial charge in [-0.1, -0.05) is 0 Å². The largest absolute Gasteiger partial charge is 0.493 e. The molecule has 0 amide bonds. The molecule has 1 N–H and O–H groups in total. The predicted octanol–water partition coefficient (Wildman–Crippen LogP) is 2.66. The van der Waals surface area contributed by atoms with Crippen LogP contribution in [0.25, 0.3) is 0 Å². The number of hydrogen-bond donors (Lipinski definition) is 1. The first kappa shape index (κ1) is 20.5. The summed E-state index contributed by atoms with van der Waals surface area (Å²) in [7, 11) is 4.80.